The number of carbonyl (C=O) groups excluding carboxylic acids is 1. The Morgan fingerprint density at radius 1 is 1.05 bits per heavy atom. The molecule has 1 aliphatic rings. The summed E-state index contributed by atoms with van der Waals surface area (Å²) in [6.07, 6.45) is -0.825. The van der Waals surface area contributed by atoms with E-state index < -0.39 is 23.6 Å². The average molecular weight is 266 g/mol. The fourth-order valence-corrected chi connectivity index (χ4v) is 2.01. The minimum absolute atomic E-state index is 0.495. The molecule has 0 unspecified atom stereocenters. The summed E-state index contributed by atoms with van der Waals surface area (Å²) in [4.78, 5) is 12.1. The summed E-state index contributed by atoms with van der Waals surface area (Å²) in [6, 6.07) is 9.14. The highest BCUT2D eigenvalue weighted by molar-refractivity contribution is 5.77. The van der Waals surface area contributed by atoms with Crippen LogP contribution in [-0.4, -0.2) is 31.8 Å². The molecular weight excluding hydrogens is 248 g/mol. The van der Waals surface area contributed by atoms with Crippen LogP contribution in [-0.2, 0) is 23.7 Å². The predicted octanol–water partition coefficient (Wildman–Crippen LogP) is 2.03. The highest BCUT2D eigenvalue weighted by Crippen LogP contribution is 2.41. The van der Waals surface area contributed by atoms with Gasteiger partial charge in [0.1, 0.15) is 0 Å². The summed E-state index contributed by atoms with van der Waals surface area (Å²) in [5.41, 5.74) is 0.717. The lowest BCUT2D eigenvalue weighted by molar-refractivity contribution is -0.407. The third-order valence-electron chi connectivity index (χ3n) is 3.56. The highest BCUT2D eigenvalue weighted by Gasteiger charge is 2.57. The number of esters is 1. The topological polar surface area (TPSA) is 54.0 Å². The molecule has 1 aliphatic heterocycles. The molecule has 0 spiro atoms. The van der Waals surface area contributed by atoms with Gasteiger partial charge < -0.3 is 18.9 Å². The van der Waals surface area contributed by atoms with Crippen molar-refractivity contribution in [2.24, 2.45) is 0 Å². The fourth-order valence-electron chi connectivity index (χ4n) is 2.01. The van der Waals surface area contributed by atoms with Crippen LogP contribution >= 0.6 is 0 Å². The van der Waals surface area contributed by atoms with Crippen LogP contribution in [0.4, 0.5) is 0 Å². The number of cyclic esters (lactones) is 1. The molecule has 1 heterocycles. The van der Waals surface area contributed by atoms with Crippen LogP contribution in [0.15, 0.2) is 30.3 Å². The summed E-state index contributed by atoms with van der Waals surface area (Å²) >= 11 is 0. The van der Waals surface area contributed by atoms with Crippen molar-refractivity contribution in [1.82, 2.24) is 0 Å². The van der Waals surface area contributed by atoms with Gasteiger partial charge in [-0.25, -0.2) is 4.79 Å². The monoisotopic (exact) mass is 266 g/mol. The van der Waals surface area contributed by atoms with Crippen molar-refractivity contribution in [1.29, 1.82) is 0 Å². The lowest BCUT2D eigenvalue weighted by Crippen LogP contribution is -2.62. The van der Waals surface area contributed by atoms with E-state index >= 15 is 0 Å². The van der Waals surface area contributed by atoms with Gasteiger partial charge in [-0.3, -0.25) is 0 Å². The molecule has 0 saturated carbocycles. The van der Waals surface area contributed by atoms with Gasteiger partial charge in [0.2, 0.25) is 5.79 Å². The van der Waals surface area contributed by atoms with Crippen LogP contribution in [0.3, 0.4) is 0 Å². The first-order valence-electron chi connectivity index (χ1n) is 6.01. The van der Waals surface area contributed by atoms with E-state index in [1.165, 1.54) is 14.2 Å². The number of ether oxygens (including phenoxy) is 4. The molecule has 0 bridgehead atoms. The van der Waals surface area contributed by atoms with Crippen molar-refractivity contribution in [2.75, 3.05) is 14.2 Å². The largest absolute Gasteiger partial charge is 0.425 e. The van der Waals surface area contributed by atoms with E-state index in [-0.39, 0.29) is 0 Å². The van der Waals surface area contributed by atoms with Crippen molar-refractivity contribution in [2.45, 2.75) is 31.5 Å². The van der Waals surface area contributed by atoms with Crippen molar-refractivity contribution in [3.05, 3.63) is 35.9 Å². The quantitative estimate of drug-likeness (QED) is 0.783. The van der Waals surface area contributed by atoms with E-state index in [9.17, 15) is 4.79 Å². The zero-order chi connectivity index (χ0) is 14.1. The highest BCUT2D eigenvalue weighted by atomic mass is 16.8. The summed E-state index contributed by atoms with van der Waals surface area (Å²) in [5, 5.41) is 0. The predicted molar refractivity (Wildman–Crippen MR) is 67.2 cm³/mol. The molecule has 1 fully saturated rings. The Kier molecular flexibility index (Phi) is 3.62. The van der Waals surface area contributed by atoms with E-state index in [1.807, 2.05) is 18.2 Å². The molecule has 104 valence electrons. The Balaban J connectivity index is 2.34. The zero-order valence-corrected chi connectivity index (χ0v) is 11.5. The molecule has 1 saturated heterocycles. The number of carbonyl (C=O) groups is 1. The van der Waals surface area contributed by atoms with Crippen molar-refractivity contribution in [3.63, 3.8) is 0 Å². The van der Waals surface area contributed by atoms with Crippen molar-refractivity contribution < 1.29 is 23.7 Å². The van der Waals surface area contributed by atoms with Gasteiger partial charge >= 0.3 is 5.97 Å². The van der Waals surface area contributed by atoms with Crippen LogP contribution in [0.2, 0.25) is 0 Å². The van der Waals surface area contributed by atoms with Gasteiger partial charge in [-0.05, 0) is 12.5 Å². The third-order valence-corrected chi connectivity index (χ3v) is 3.56. The minimum Gasteiger partial charge on any atom is -0.425 e. The Morgan fingerprint density at radius 3 is 2.16 bits per heavy atom. The molecule has 2 rings (SSSR count). The van der Waals surface area contributed by atoms with Gasteiger partial charge in [0.05, 0.1) is 0 Å². The molecule has 1 aromatic carbocycles. The van der Waals surface area contributed by atoms with E-state index in [1.54, 1.807) is 26.0 Å². The SMILES string of the molecule is CO[C@]1(C)OC(=O)[C@H](c2ccccc2)O[C@@]1(C)OC. The summed E-state index contributed by atoms with van der Waals surface area (Å²) in [7, 11) is 2.93. The van der Waals surface area contributed by atoms with Gasteiger partial charge in [0.25, 0.3) is 5.79 Å². The Morgan fingerprint density at radius 2 is 1.63 bits per heavy atom. The van der Waals surface area contributed by atoms with Gasteiger partial charge in [-0.2, -0.15) is 0 Å². The molecule has 0 aliphatic carbocycles. The van der Waals surface area contributed by atoms with Gasteiger partial charge in [0.15, 0.2) is 6.10 Å². The molecular formula is C14H18O5. The first-order chi connectivity index (χ1) is 8.96. The Labute approximate surface area is 112 Å². The normalized spacial score (nSPS) is 34.9. The van der Waals surface area contributed by atoms with E-state index in [2.05, 4.69) is 0 Å². The molecule has 5 nitrogen and oxygen atoms in total. The zero-order valence-electron chi connectivity index (χ0n) is 11.5. The van der Waals surface area contributed by atoms with Crippen LogP contribution in [0.25, 0.3) is 0 Å². The smallest absolute Gasteiger partial charge is 0.342 e. The lowest BCUT2D eigenvalue weighted by atomic mass is 10.0. The molecule has 5 heteroatoms. The number of benzene rings is 1. The van der Waals surface area contributed by atoms with Crippen LogP contribution in [0, 0.1) is 0 Å². The second kappa shape index (κ2) is 4.92. The number of hydrogen-bond acceptors (Lipinski definition) is 5. The van der Waals surface area contributed by atoms with Crippen LogP contribution in [0.1, 0.15) is 25.5 Å². The maximum absolute atomic E-state index is 12.1. The standard InChI is InChI=1S/C14H18O5/c1-13(16-3)14(2,17-4)19-12(15)11(18-13)10-8-6-5-7-9-10/h5-9,11H,1-4H3/t11-,13+,14+/m0/s1. The number of rotatable bonds is 3. The molecule has 0 aromatic heterocycles. The van der Waals surface area contributed by atoms with Gasteiger partial charge in [0, 0.05) is 21.1 Å². The summed E-state index contributed by atoms with van der Waals surface area (Å²) in [5.74, 6) is -2.97. The summed E-state index contributed by atoms with van der Waals surface area (Å²) in [6.45, 7) is 3.29. The van der Waals surface area contributed by atoms with Crippen molar-refractivity contribution in [3.8, 4) is 0 Å². The van der Waals surface area contributed by atoms with Gasteiger partial charge in [-0.1, -0.05) is 30.3 Å². The molecule has 0 amide bonds. The van der Waals surface area contributed by atoms with E-state index in [4.69, 9.17) is 18.9 Å². The molecule has 0 N–H and O–H groups in total. The average Bonchev–Trinajstić information content (AvgIpc) is 2.44. The lowest BCUT2D eigenvalue weighted by Gasteiger charge is -2.47. The Hall–Kier alpha value is -1.43. The first kappa shape index (κ1) is 14.0. The van der Waals surface area contributed by atoms with E-state index in [0.717, 1.165) is 0 Å². The maximum atomic E-state index is 12.1. The number of methoxy groups -OCH3 is 2. The second-order valence-corrected chi connectivity index (χ2v) is 4.63. The van der Waals surface area contributed by atoms with Crippen molar-refractivity contribution >= 4 is 5.97 Å². The van der Waals surface area contributed by atoms with Gasteiger partial charge in [-0.15, -0.1) is 0 Å². The van der Waals surface area contributed by atoms with Crippen LogP contribution in [0.5, 0.6) is 0 Å². The number of hydrogen-bond donors (Lipinski definition) is 0. The maximum Gasteiger partial charge on any atom is 0.342 e. The first-order valence-corrected chi connectivity index (χ1v) is 6.01. The molecule has 0 radical (unpaired) electrons. The fraction of sp³-hybridized carbons (Fsp3) is 0.500. The van der Waals surface area contributed by atoms with Crippen LogP contribution < -0.4 is 0 Å². The molecule has 19 heavy (non-hydrogen) atoms. The Bertz CT molecular complexity index is 460. The van der Waals surface area contributed by atoms with E-state index in [0.29, 0.717) is 5.56 Å². The third kappa shape index (κ3) is 2.25. The second-order valence-electron chi connectivity index (χ2n) is 4.63. The molecule has 1 aromatic rings. The molecule has 3 atom stereocenters. The summed E-state index contributed by atoms with van der Waals surface area (Å²) < 4.78 is 21.8. The minimum atomic E-state index is -1.29.